The number of rotatable bonds is 46. The number of ether oxygens (including phenoxy) is 3. The first-order valence-corrected chi connectivity index (χ1v) is 26.4. The average molecular weight is 901 g/mol. The van der Waals surface area contributed by atoms with E-state index in [4.69, 9.17) is 14.2 Å². The van der Waals surface area contributed by atoms with Gasteiger partial charge >= 0.3 is 17.9 Å². The second-order valence-corrected chi connectivity index (χ2v) is 17.0. The second kappa shape index (κ2) is 52.7. The molecular formula is C59H96O6. The maximum atomic E-state index is 12.8. The zero-order chi connectivity index (χ0) is 47.2. The molecule has 0 aromatic heterocycles. The lowest BCUT2D eigenvalue weighted by atomic mass is 10.1. The topological polar surface area (TPSA) is 78.9 Å². The van der Waals surface area contributed by atoms with Crippen molar-refractivity contribution >= 4 is 17.9 Å². The SMILES string of the molecule is CC\C=C/C=C\C=C/CCCCCCCCCC(=O)OCC(COC(=O)CCCCCCCC/C=C\C/C=C\C/C=C\CC)OC(=O)CCCCCCCC/C=C\C/C=C\C/C=C\CC. The van der Waals surface area contributed by atoms with Gasteiger partial charge in [0.2, 0.25) is 0 Å². The van der Waals surface area contributed by atoms with Crippen molar-refractivity contribution in [3.8, 4) is 0 Å². The maximum Gasteiger partial charge on any atom is 0.306 e. The number of hydrogen-bond acceptors (Lipinski definition) is 6. The van der Waals surface area contributed by atoms with Crippen LogP contribution in [0.3, 0.4) is 0 Å². The smallest absolute Gasteiger partial charge is 0.306 e. The molecule has 0 saturated carbocycles. The first-order chi connectivity index (χ1) is 32.0. The van der Waals surface area contributed by atoms with Gasteiger partial charge in [0.1, 0.15) is 13.2 Å². The molecule has 0 aliphatic heterocycles. The third kappa shape index (κ3) is 50.9. The summed E-state index contributed by atoms with van der Waals surface area (Å²) in [4.78, 5) is 38.1. The Morgan fingerprint density at radius 2 is 0.631 bits per heavy atom. The molecule has 6 nitrogen and oxygen atoms in total. The minimum absolute atomic E-state index is 0.0961. The van der Waals surface area contributed by atoms with E-state index in [2.05, 4.69) is 130 Å². The fourth-order valence-corrected chi connectivity index (χ4v) is 6.94. The largest absolute Gasteiger partial charge is 0.462 e. The highest BCUT2D eigenvalue weighted by Gasteiger charge is 2.19. The summed E-state index contributed by atoms with van der Waals surface area (Å²) in [6, 6.07) is 0. The van der Waals surface area contributed by atoms with E-state index in [9.17, 15) is 14.4 Å². The van der Waals surface area contributed by atoms with Gasteiger partial charge in [0.05, 0.1) is 0 Å². The summed E-state index contributed by atoms with van der Waals surface area (Å²) >= 11 is 0. The van der Waals surface area contributed by atoms with Gasteiger partial charge in [0.25, 0.3) is 0 Å². The van der Waals surface area contributed by atoms with Crippen LogP contribution in [0, 0.1) is 0 Å². The van der Waals surface area contributed by atoms with Crippen molar-refractivity contribution < 1.29 is 28.6 Å². The highest BCUT2D eigenvalue weighted by atomic mass is 16.6. The predicted octanol–water partition coefficient (Wildman–Crippen LogP) is 17.5. The molecule has 0 rings (SSSR count). The Bertz CT molecular complexity index is 1360. The van der Waals surface area contributed by atoms with Crippen molar-refractivity contribution in [2.24, 2.45) is 0 Å². The number of carbonyl (C=O) groups is 3. The Morgan fingerprint density at radius 1 is 0.323 bits per heavy atom. The molecule has 0 amide bonds. The standard InChI is InChI=1S/C59H96O6/c1-4-7-10-13-16-19-22-25-28-31-34-37-40-43-46-49-52-58(61)64-55-56(54-63-57(60)51-48-45-42-39-36-33-30-27-24-21-18-15-12-9-6-3)65-59(62)53-50-47-44-41-38-35-32-29-26-23-20-17-14-11-8-5-2/h7-12,15-21,24-26,28-29,56H,4-6,13-14,22-23,27,30-55H2,1-3H3/b10-7-,11-8-,12-9-,18-15-,19-16-,20-17-,24-21-,28-25-,29-26-. The summed E-state index contributed by atoms with van der Waals surface area (Å²) in [6.07, 6.45) is 70.7. The van der Waals surface area contributed by atoms with Gasteiger partial charge in [-0.2, -0.15) is 0 Å². The molecule has 0 aromatic carbocycles. The lowest BCUT2D eigenvalue weighted by molar-refractivity contribution is -0.167. The van der Waals surface area contributed by atoms with Crippen LogP contribution in [-0.4, -0.2) is 37.2 Å². The third-order valence-corrected chi connectivity index (χ3v) is 10.8. The van der Waals surface area contributed by atoms with E-state index in [1.807, 2.05) is 0 Å². The molecule has 1 atom stereocenters. The summed E-state index contributed by atoms with van der Waals surface area (Å²) in [5.41, 5.74) is 0. The van der Waals surface area contributed by atoms with Gasteiger partial charge < -0.3 is 14.2 Å². The van der Waals surface area contributed by atoms with Crippen molar-refractivity contribution in [1.82, 2.24) is 0 Å². The van der Waals surface area contributed by atoms with Gasteiger partial charge in [-0.05, 0) is 103 Å². The van der Waals surface area contributed by atoms with Crippen LogP contribution in [0.2, 0.25) is 0 Å². The van der Waals surface area contributed by atoms with Crippen molar-refractivity contribution in [2.45, 2.75) is 232 Å². The van der Waals surface area contributed by atoms with Gasteiger partial charge in [-0.25, -0.2) is 0 Å². The van der Waals surface area contributed by atoms with Crippen LogP contribution in [0.5, 0.6) is 0 Å². The highest BCUT2D eigenvalue weighted by molar-refractivity contribution is 5.71. The van der Waals surface area contributed by atoms with Crippen LogP contribution in [-0.2, 0) is 28.6 Å². The van der Waals surface area contributed by atoms with Gasteiger partial charge in [-0.3, -0.25) is 14.4 Å². The normalized spacial score (nSPS) is 13.0. The summed E-state index contributed by atoms with van der Waals surface area (Å²) < 4.78 is 16.8. The molecule has 0 saturated heterocycles. The number of carbonyl (C=O) groups excluding carboxylic acids is 3. The fourth-order valence-electron chi connectivity index (χ4n) is 6.94. The molecule has 0 radical (unpaired) electrons. The summed E-state index contributed by atoms with van der Waals surface area (Å²) in [5.74, 6) is -0.937. The zero-order valence-electron chi connectivity index (χ0n) is 42.0. The van der Waals surface area contributed by atoms with Crippen LogP contribution >= 0.6 is 0 Å². The van der Waals surface area contributed by atoms with Crippen molar-refractivity contribution in [1.29, 1.82) is 0 Å². The lowest BCUT2D eigenvalue weighted by Crippen LogP contribution is -2.30. The maximum absolute atomic E-state index is 12.8. The molecule has 368 valence electrons. The molecule has 0 aliphatic carbocycles. The van der Waals surface area contributed by atoms with E-state index in [0.29, 0.717) is 19.3 Å². The highest BCUT2D eigenvalue weighted by Crippen LogP contribution is 2.14. The van der Waals surface area contributed by atoms with E-state index >= 15 is 0 Å². The zero-order valence-corrected chi connectivity index (χ0v) is 42.0. The van der Waals surface area contributed by atoms with Crippen LogP contribution in [0.25, 0.3) is 0 Å². The van der Waals surface area contributed by atoms with E-state index < -0.39 is 6.10 Å². The summed E-state index contributed by atoms with van der Waals surface area (Å²) in [7, 11) is 0. The fraction of sp³-hybridized carbons (Fsp3) is 0.644. The number of allylic oxidation sites excluding steroid dienone is 18. The molecular weight excluding hydrogens is 805 g/mol. The Kier molecular flexibility index (Phi) is 49.5. The van der Waals surface area contributed by atoms with E-state index in [1.165, 1.54) is 51.4 Å². The molecule has 0 spiro atoms. The molecule has 1 unspecified atom stereocenters. The van der Waals surface area contributed by atoms with Crippen LogP contribution in [0.4, 0.5) is 0 Å². The molecule has 0 aliphatic rings. The van der Waals surface area contributed by atoms with Gasteiger partial charge in [-0.1, -0.05) is 214 Å². The molecule has 0 fully saturated rings. The van der Waals surface area contributed by atoms with Crippen LogP contribution in [0.15, 0.2) is 109 Å². The summed E-state index contributed by atoms with van der Waals surface area (Å²) in [6.45, 7) is 6.25. The van der Waals surface area contributed by atoms with Gasteiger partial charge in [-0.15, -0.1) is 0 Å². The average Bonchev–Trinajstić information content (AvgIpc) is 3.30. The Labute approximate surface area is 400 Å². The molecule has 0 aromatic rings. The van der Waals surface area contributed by atoms with Crippen LogP contribution in [0.1, 0.15) is 226 Å². The quantitative estimate of drug-likeness (QED) is 0.0199. The Balaban J connectivity index is 4.46. The number of unbranched alkanes of at least 4 members (excludes halogenated alkanes) is 19. The molecule has 0 bridgehead atoms. The second-order valence-electron chi connectivity index (χ2n) is 17.0. The Hall–Kier alpha value is -3.93. The van der Waals surface area contributed by atoms with Gasteiger partial charge in [0.15, 0.2) is 6.10 Å². The minimum Gasteiger partial charge on any atom is -0.462 e. The third-order valence-electron chi connectivity index (χ3n) is 10.8. The Morgan fingerprint density at radius 3 is 1.03 bits per heavy atom. The van der Waals surface area contributed by atoms with E-state index in [-0.39, 0.29) is 31.1 Å². The lowest BCUT2D eigenvalue weighted by Gasteiger charge is -2.18. The van der Waals surface area contributed by atoms with Gasteiger partial charge in [0, 0.05) is 19.3 Å². The summed E-state index contributed by atoms with van der Waals surface area (Å²) in [5, 5.41) is 0. The van der Waals surface area contributed by atoms with Crippen LogP contribution < -0.4 is 0 Å². The molecule has 0 N–H and O–H groups in total. The van der Waals surface area contributed by atoms with E-state index in [1.54, 1.807) is 0 Å². The molecule has 65 heavy (non-hydrogen) atoms. The molecule has 0 heterocycles. The number of hydrogen-bond donors (Lipinski definition) is 0. The predicted molar refractivity (Wildman–Crippen MR) is 279 cm³/mol. The van der Waals surface area contributed by atoms with E-state index in [0.717, 1.165) is 135 Å². The minimum atomic E-state index is -0.798. The van der Waals surface area contributed by atoms with Crippen molar-refractivity contribution in [2.75, 3.05) is 13.2 Å². The monoisotopic (exact) mass is 901 g/mol. The molecule has 6 heteroatoms. The first kappa shape index (κ1) is 61.1. The van der Waals surface area contributed by atoms with Crippen molar-refractivity contribution in [3.63, 3.8) is 0 Å². The van der Waals surface area contributed by atoms with Crippen molar-refractivity contribution in [3.05, 3.63) is 109 Å². The number of esters is 3. The first-order valence-electron chi connectivity index (χ1n) is 26.4.